The van der Waals surface area contributed by atoms with Crippen LogP contribution in [0, 0.1) is 12.7 Å². The van der Waals surface area contributed by atoms with Crippen LogP contribution in [0.25, 0.3) is 0 Å². The van der Waals surface area contributed by atoms with Crippen molar-refractivity contribution in [3.8, 4) is 11.5 Å². The Labute approximate surface area is 117 Å². The first-order valence-corrected chi connectivity index (χ1v) is 6.23. The van der Waals surface area contributed by atoms with Crippen molar-refractivity contribution in [1.29, 1.82) is 0 Å². The summed E-state index contributed by atoms with van der Waals surface area (Å²) >= 11 is 3.23. The fourth-order valence-corrected chi connectivity index (χ4v) is 1.91. The number of hydrogen-bond acceptors (Lipinski definition) is 2. The topological polar surface area (TPSA) is 46.5 Å². The number of halogens is 2. The van der Waals surface area contributed by atoms with Crippen LogP contribution in [-0.4, -0.2) is 11.1 Å². The Balaban J connectivity index is 2.33. The molecule has 19 heavy (non-hydrogen) atoms. The predicted octanol–water partition coefficient (Wildman–Crippen LogP) is 4.39. The van der Waals surface area contributed by atoms with Crippen molar-refractivity contribution in [1.82, 2.24) is 0 Å². The average Bonchev–Trinajstić information content (AvgIpc) is 2.36. The van der Waals surface area contributed by atoms with Gasteiger partial charge in [-0.2, -0.15) is 0 Å². The molecule has 5 heteroatoms. The number of aromatic carboxylic acids is 1. The zero-order valence-electron chi connectivity index (χ0n) is 9.98. The summed E-state index contributed by atoms with van der Waals surface area (Å²) in [6, 6.07) is 8.79. The predicted molar refractivity (Wildman–Crippen MR) is 72.3 cm³/mol. The van der Waals surface area contributed by atoms with Crippen molar-refractivity contribution in [3.05, 3.63) is 57.8 Å². The van der Waals surface area contributed by atoms with Crippen LogP contribution in [0.2, 0.25) is 0 Å². The second-order valence-electron chi connectivity index (χ2n) is 3.96. The maximum atomic E-state index is 13.6. The van der Waals surface area contributed by atoms with E-state index in [0.29, 0.717) is 15.8 Å². The van der Waals surface area contributed by atoms with Gasteiger partial charge in [-0.3, -0.25) is 0 Å². The molecule has 98 valence electrons. The van der Waals surface area contributed by atoms with Gasteiger partial charge in [0.05, 0.1) is 5.56 Å². The fourth-order valence-electron chi connectivity index (χ4n) is 1.57. The van der Waals surface area contributed by atoms with Crippen LogP contribution in [0.1, 0.15) is 15.9 Å². The van der Waals surface area contributed by atoms with Crippen LogP contribution in [0.4, 0.5) is 4.39 Å². The highest BCUT2D eigenvalue weighted by Crippen LogP contribution is 2.29. The summed E-state index contributed by atoms with van der Waals surface area (Å²) < 4.78 is 19.7. The molecule has 2 aromatic carbocycles. The number of aryl methyl sites for hydroxylation is 1. The molecule has 0 saturated carbocycles. The van der Waals surface area contributed by atoms with E-state index in [1.54, 1.807) is 13.0 Å². The number of rotatable bonds is 3. The van der Waals surface area contributed by atoms with E-state index >= 15 is 0 Å². The number of carboxylic acids is 1. The molecule has 0 unspecified atom stereocenters. The number of carbonyl (C=O) groups is 1. The number of benzene rings is 2. The lowest BCUT2D eigenvalue weighted by Crippen LogP contribution is -1.98. The number of hydrogen-bond donors (Lipinski definition) is 1. The molecular formula is C14H10BrFO3. The molecule has 0 aliphatic rings. The highest BCUT2D eigenvalue weighted by molar-refractivity contribution is 9.10. The lowest BCUT2D eigenvalue weighted by molar-refractivity contribution is 0.0697. The molecule has 0 aliphatic heterocycles. The van der Waals surface area contributed by atoms with Crippen LogP contribution >= 0.6 is 15.9 Å². The zero-order chi connectivity index (χ0) is 14.0. The monoisotopic (exact) mass is 324 g/mol. The normalized spacial score (nSPS) is 10.3. The molecule has 1 N–H and O–H groups in total. The standard InChI is InChI=1S/C14H10BrFO3/c1-8-6-9(14(17)18)2-5-12(8)19-13-7-10(15)3-4-11(13)16/h2-7H,1H3,(H,17,18). The van der Waals surface area contributed by atoms with Gasteiger partial charge in [0.25, 0.3) is 0 Å². The molecule has 0 aliphatic carbocycles. The third-order valence-electron chi connectivity index (χ3n) is 2.54. The van der Waals surface area contributed by atoms with Gasteiger partial charge in [-0.05, 0) is 48.9 Å². The summed E-state index contributed by atoms with van der Waals surface area (Å²) in [7, 11) is 0. The molecule has 0 spiro atoms. The highest BCUT2D eigenvalue weighted by Gasteiger charge is 2.10. The van der Waals surface area contributed by atoms with Gasteiger partial charge in [0, 0.05) is 4.47 Å². The second-order valence-corrected chi connectivity index (χ2v) is 4.88. The minimum atomic E-state index is -1.01. The van der Waals surface area contributed by atoms with Crippen molar-refractivity contribution in [3.63, 3.8) is 0 Å². The van der Waals surface area contributed by atoms with E-state index in [2.05, 4.69) is 15.9 Å². The van der Waals surface area contributed by atoms with Crippen molar-refractivity contribution in [2.24, 2.45) is 0 Å². The molecule has 0 heterocycles. The molecule has 2 aromatic rings. The summed E-state index contributed by atoms with van der Waals surface area (Å²) in [5.41, 5.74) is 0.791. The van der Waals surface area contributed by atoms with Gasteiger partial charge >= 0.3 is 5.97 Å². The summed E-state index contributed by atoms with van der Waals surface area (Å²) in [6.07, 6.45) is 0. The van der Waals surface area contributed by atoms with E-state index in [-0.39, 0.29) is 11.3 Å². The smallest absolute Gasteiger partial charge is 0.335 e. The van der Waals surface area contributed by atoms with Gasteiger partial charge in [0.2, 0.25) is 0 Å². The SMILES string of the molecule is Cc1cc(C(=O)O)ccc1Oc1cc(Br)ccc1F. The summed E-state index contributed by atoms with van der Waals surface area (Å²) in [4.78, 5) is 10.8. The minimum Gasteiger partial charge on any atom is -0.478 e. The zero-order valence-corrected chi connectivity index (χ0v) is 11.6. The van der Waals surface area contributed by atoms with Gasteiger partial charge < -0.3 is 9.84 Å². The van der Waals surface area contributed by atoms with Crippen LogP contribution < -0.4 is 4.74 Å². The Morgan fingerprint density at radius 1 is 1.21 bits per heavy atom. The first-order chi connectivity index (χ1) is 8.97. The van der Waals surface area contributed by atoms with E-state index in [4.69, 9.17) is 9.84 Å². The molecular weight excluding hydrogens is 315 g/mol. The van der Waals surface area contributed by atoms with E-state index in [0.717, 1.165) is 0 Å². The maximum absolute atomic E-state index is 13.6. The highest BCUT2D eigenvalue weighted by atomic mass is 79.9. The first kappa shape index (κ1) is 13.5. The Hall–Kier alpha value is -1.88. The summed E-state index contributed by atoms with van der Waals surface area (Å²) in [5, 5.41) is 8.86. The van der Waals surface area contributed by atoms with Crippen LogP contribution in [0.15, 0.2) is 40.9 Å². The molecule has 0 atom stereocenters. The lowest BCUT2D eigenvalue weighted by Gasteiger charge is -2.10. The second kappa shape index (κ2) is 5.40. The molecule has 0 saturated heterocycles. The first-order valence-electron chi connectivity index (χ1n) is 5.44. The van der Waals surface area contributed by atoms with Crippen molar-refractivity contribution in [2.45, 2.75) is 6.92 Å². The third kappa shape index (κ3) is 3.12. The maximum Gasteiger partial charge on any atom is 0.335 e. The number of carboxylic acid groups (broad SMARTS) is 1. The van der Waals surface area contributed by atoms with Gasteiger partial charge in [-0.1, -0.05) is 15.9 Å². The molecule has 0 bridgehead atoms. The van der Waals surface area contributed by atoms with Crippen molar-refractivity contribution >= 4 is 21.9 Å². The van der Waals surface area contributed by atoms with E-state index in [9.17, 15) is 9.18 Å². The third-order valence-corrected chi connectivity index (χ3v) is 3.03. The molecule has 2 rings (SSSR count). The van der Waals surface area contributed by atoms with Crippen molar-refractivity contribution < 1.29 is 19.0 Å². The van der Waals surface area contributed by atoms with Crippen LogP contribution in [-0.2, 0) is 0 Å². The lowest BCUT2D eigenvalue weighted by atomic mass is 10.1. The van der Waals surface area contributed by atoms with Gasteiger partial charge in [-0.25, -0.2) is 9.18 Å². The molecule has 0 fully saturated rings. The molecule has 0 radical (unpaired) electrons. The van der Waals surface area contributed by atoms with E-state index in [1.807, 2.05) is 0 Å². The Morgan fingerprint density at radius 2 is 1.95 bits per heavy atom. The van der Waals surface area contributed by atoms with Gasteiger partial charge in [0.1, 0.15) is 5.75 Å². The quantitative estimate of drug-likeness (QED) is 0.910. The number of ether oxygens (including phenoxy) is 1. The largest absolute Gasteiger partial charge is 0.478 e. The van der Waals surface area contributed by atoms with Gasteiger partial charge in [0.15, 0.2) is 11.6 Å². The Kier molecular flexibility index (Phi) is 3.85. The molecule has 0 aromatic heterocycles. The van der Waals surface area contributed by atoms with E-state index in [1.165, 1.54) is 30.3 Å². The molecule has 3 nitrogen and oxygen atoms in total. The summed E-state index contributed by atoms with van der Waals surface area (Å²) in [6.45, 7) is 1.71. The van der Waals surface area contributed by atoms with Gasteiger partial charge in [-0.15, -0.1) is 0 Å². The molecule has 0 amide bonds. The van der Waals surface area contributed by atoms with Crippen molar-refractivity contribution in [2.75, 3.05) is 0 Å². The van der Waals surface area contributed by atoms with E-state index < -0.39 is 11.8 Å². The Morgan fingerprint density at radius 3 is 2.58 bits per heavy atom. The van der Waals surface area contributed by atoms with Crippen LogP contribution in [0.5, 0.6) is 11.5 Å². The fraction of sp³-hybridized carbons (Fsp3) is 0.0714. The minimum absolute atomic E-state index is 0.0838. The Bertz CT molecular complexity index is 641. The average molecular weight is 325 g/mol. The van der Waals surface area contributed by atoms with Crippen LogP contribution in [0.3, 0.4) is 0 Å². The summed E-state index contributed by atoms with van der Waals surface area (Å²) in [5.74, 6) is -0.990.